The minimum Gasteiger partial charge on any atom is -0.382 e. The first kappa shape index (κ1) is 20.6. The Morgan fingerprint density at radius 2 is 1.93 bits per heavy atom. The van der Waals surface area contributed by atoms with E-state index in [0.717, 1.165) is 15.5 Å². The van der Waals surface area contributed by atoms with Crippen LogP contribution < -0.4 is 10.6 Å². The summed E-state index contributed by atoms with van der Waals surface area (Å²) in [5, 5.41) is 15.1. The highest BCUT2D eigenvalue weighted by Crippen LogP contribution is 2.33. The minimum atomic E-state index is -0.394. The molecule has 0 aromatic heterocycles. The van der Waals surface area contributed by atoms with Crippen molar-refractivity contribution in [3.63, 3.8) is 0 Å². The summed E-state index contributed by atoms with van der Waals surface area (Å²) in [7, 11) is 0. The van der Waals surface area contributed by atoms with E-state index in [1.54, 1.807) is 11.8 Å². The first-order valence-electron chi connectivity index (χ1n) is 8.79. The van der Waals surface area contributed by atoms with Gasteiger partial charge in [0.25, 0.3) is 5.91 Å². The van der Waals surface area contributed by atoms with E-state index in [9.17, 15) is 10.1 Å². The third kappa shape index (κ3) is 7.18. The van der Waals surface area contributed by atoms with Crippen molar-refractivity contribution in [2.24, 2.45) is 0 Å². The lowest BCUT2D eigenvalue weighted by atomic mass is 10.2. The number of hydrogen-bond donors (Lipinski definition) is 2. The van der Waals surface area contributed by atoms with Crippen LogP contribution in [0.5, 0.6) is 0 Å². The molecule has 27 heavy (non-hydrogen) atoms. The van der Waals surface area contributed by atoms with Gasteiger partial charge in [0.15, 0.2) is 0 Å². The molecular weight excluding hydrogens is 358 g/mol. The highest BCUT2D eigenvalue weighted by atomic mass is 32.2. The van der Waals surface area contributed by atoms with Crippen molar-refractivity contribution in [1.29, 1.82) is 5.26 Å². The maximum absolute atomic E-state index is 12.1. The number of para-hydroxylation sites is 1. The van der Waals surface area contributed by atoms with Crippen LogP contribution in [0.25, 0.3) is 0 Å². The molecule has 0 aliphatic heterocycles. The molecule has 1 amide bonds. The van der Waals surface area contributed by atoms with E-state index in [2.05, 4.69) is 10.6 Å². The maximum Gasteiger partial charge on any atom is 0.263 e. The largest absolute Gasteiger partial charge is 0.382 e. The van der Waals surface area contributed by atoms with Crippen LogP contribution in [0.1, 0.15) is 13.3 Å². The third-order valence-electron chi connectivity index (χ3n) is 3.55. The molecule has 0 spiro atoms. The van der Waals surface area contributed by atoms with E-state index >= 15 is 0 Å². The van der Waals surface area contributed by atoms with E-state index in [-0.39, 0.29) is 5.57 Å². The predicted octanol–water partition coefficient (Wildman–Crippen LogP) is 4.20. The van der Waals surface area contributed by atoms with Gasteiger partial charge in [-0.2, -0.15) is 5.26 Å². The van der Waals surface area contributed by atoms with Gasteiger partial charge in [-0.3, -0.25) is 4.79 Å². The lowest BCUT2D eigenvalue weighted by Crippen LogP contribution is -2.26. The van der Waals surface area contributed by atoms with E-state index in [1.165, 1.54) is 6.20 Å². The Hall–Kier alpha value is -2.75. The molecule has 5 nitrogen and oxygen atoms in total. The second-order valence-electron chi connectivity index (χ2n) is 5.53. The molecule has 0 radical (unpaired) electrons. The lowest BCUT2D eigenvalue weighted by Gasteiger charge is -2.09. The second kappa shape index (κ2) is 11.8. The second-order valence-corrected chi connectivity index (χ2v) is 6.65. The minimum absolute atomic E-state index is 0.0333. The van der Waals surface area contributed by atoms with Crippen LogP contribution in [-0.4, -0.2) is 25.7 Å². The van der Waals surface area contributed by atoms with Gasteiger partial charge in [0, 0.05) is 35.7 Å². The highest BCUT2D eigenvalue weighted by molar-refractivity contribution is 7.99. The van der Waals surface area contributed by atoms with Gasteiger partial charge in [0.1, 0.15) is 11.6 Å². The number of ether oxygens (including phenoxy) is 1. The molecule has 6 heteroatoms. The average molecular weight is 382 g/mol. The number of benzene rings is 2. The first-order valence-corrected chi connectivity index (χ1v) is 9.61. The van der Waals surface area contributed by atoms with Crippen LogP contribution in [0.2, 0.25) is 0 Å². The predicted molar refractivity (Wildman–Crippen MR) is 108 cm³/mol. The van der Waals surface area contributed by atoms with Crippen LogP contribution in [0.4, 0.5) is 5.69 Å². The molecule has 2 N–H and O–H groups in total. The van der Waals surface area contributed by atoms with E-state index in [0.29, 0.717) is 26.2 Å². The highest BCUT2D eigenvalue weighted by Gasteiger charge is 2.09. The van der Waals surface area contributed by atoms with E-state index in [1.807, 2.05) is 67.6 Å². The molecule has 0 aliphatic carbocycles. The standard InChI is InChI=1S/C21H23N3O2S/c1-2-26-14-8-13-23-21(25)17(15-22)16-24-19-11-6-7-12-20(19)27-18-9-4-3-5-10-18/h3-7,9-12,16,24H,2,8,13-14H2,1H3,(H,23,25)/b17-16-. The van der Waals surface area contributed by atoms with E-state index in [4.69, 9.17) is 4.74 Å². The van der Waals surface area contributed by atoms with Crippen molar-refractivity contribution in [2.45, 2.75) is 23.1 Å². The molecule has 2 aromatic rings. The van der Waals surface area contributed by atoms with Crippen molar-refractivity contribution in [2.75, 3.05) is 25.1 Å². The quantitative estimate of drug-likeness (QED) is 0.366. The number of carbonyl (C=O) groups excluding carboxylic acids is 1. The van der Waals surface area contributed by atoms with E-state index < -0.39 is 5.91 Å². The Bertz CT molecular complexity index is 801. The molecule has 0 fully saturated rings. The summed E-state index contributed by atoms with van der Waals surface area (Å²) in [6.45, 7) is 3.64. The number of nitrogens with zero attached hydrogens (tertiary/aromatic N) is 1. The summed E-state index contributed by atoms with van der Waals surface area (Å²) in [6, 6.07) is 19.7. The maximum atomic E-state index is 12.1. The summed E-state index contributed by atoms with van der Waals surface area (Å²) in [6.07, 6.45) is 2.16. The van der Waals surface area contributed by atoms with Crippen molar-refractivity contribution in [3.8, 4) is 6.07 Å². The molecule has 0 atom stereocenters. The molecular formula is C21H23N3O2S. The Balaban J connectivity index is 1.98. The number of anilines is 1. The summed E-state index contributed by atoms with van der Waals surface area (Å²) >= 11 is 1.61. The fraction of sp³-hybridized carbons (Fsp3) is 0.238. The SMILES string of the molecule is CCOCCCNC(=O)/C(C#N)=C\Nc1ccccc1Sc1ccccc1. The van der Waals surface area contributed by atoms with Crippen LogP contribution in [0.3, 0.4) is 0 Å². The Kier molecular flexibility index (Phi) is 8.98. The number of carbonyl (C=O) groups is 1. The molecule has 2 rings (SSSR count). The Morgan fingerprint density at radius 3 is 2.67 bits per heavy atom. The normalized spacial score (nSPS) is 10.9. The first-order chi connectivity index (χ1) is 13.2. The van der Waals surface area contributed by atoms with Gasteiger partial charge in [0.2, 0.25) is 0 Å². The summed E-state index contributed by atoms with van der Waals surface area (Å²) in [4.78, 5) is 14.2. The van der Waals surface area contributed by atoms with Gasteiger partial charge < -0.3 is 15.4 Å². The van der Waals surface area contributed by atoms with Crippen LogP contribution in [0.15, 0.2) is 76.2 Å². The number of nitrogens with one attached hydrogen (secondary N) is 2. The van der Waals surface area contributed by atoms with Crippen LogP contribution in [0, 0.1) is 11.3 Å². The van der Waals surface area contributed by atoms with Gasteiger partial charge in [-0.15, -0.1) is 0 Å². The number of rotatable bonds is 10. The summed E-state index contributed by atoms with van der Waals surface area (Å²) < 4.78 is 5.22. The number of amides is 1. The monoisotopic (exact) mass is 381 g/mol. The zero-order valence-electron chi connectivity index (χ0n) is 15.3. The third-order valence-corrected chi connectivity index (χ3v) is 4.63. The summed E-state index contributed by atoms with van der Waals surface area (Å²) in [5.41, 5.74) is 0.870. The fourth-order valence-electron chi connectivity index (χ4n) is 2.20. The van der Waals surface area contributed by atoms with Crippen LogP contribution >= 0.6 is 11.8 Å². The van der Waals surface area contributed by atoms with Gasteiger partial charge in [0.05, 0.1) is 5.69 Å². The van der Waals surface area contributed by atoms with Crippen molar-refractivity contribution in [3.05, 3.63) is 66.4 Å². The van der Waals surface area contributed by atoms with Gasteiger partial charge in [-0.05, 0) is 37.6 Å². The molecule has 0 bridgehead atoms. The smallest absolute Gasteiger partial charge is 0.263 e. The van der Waals surface area contributed by atoms with Gasteiger partial charge in [-0.25, -0.2) is 0 Å². The molecule has 0 saturated heterocycles. The molecule has 140 valence electrons. The Labute approximate surface area is 164 Å². The zero-order chi connectivity index (χ0) is 19.3. The number of hydrogen-bond acceptors (Lipinski definition) is 5. The number of nitriles is 1. The molecule has 0 unspecified atom stereocenters. The molecule has 0 aliphatic rings. The summed E-state index contributed by atoms with van der Waals surface area (Å²) in [5.74, 6) is -0.394. The average Bonchev–Trinajstić information content (AvgIpc) is 2.70. The van der Waals surface area contributed by atoms with Gasteiger partial charge in [-0.1, -0.05) is 42.1 Å². The van der Waals surface area contributed by atoms with Crippen molar-refractivity contribution in [1.82, 2.24) is 5.32 Å². The molecule has 0 heterocycles. The van der Waals surface area contributed by atoms with Gasteiger partial charge >= 0.3 is 0 Å². The van der Waals surface area contributed by atoms with Crippen LogP contribution in [-0.2, 0) is 9.53 Å². The van der Waals surface area contributed by atoms with Crippen molar-refractivity contribution < 1.29 is 9.53 Å². The molecule has 2 aromatic carbocycles. The molecule has 0 saturated carbocycles. The van der Waals surface area contributed by atoms with Crippen molar-refractivity contribution >= 4 is 23.4 Å². The lowest BCUT2D eigenvalue weighted by molar-refractivity contribution is -0.117. The fourth-order valence-corrected chi connectivity index (χ4v) is 3.14. The zero-order valence-corrected chi connectivity index (χ0v) is 16.1. The Morgan fingerprint density at radius 1 is 1.19 bits per heavy atom. The topological polar surface area (TPSA) is 74.1 Å².